The van der Waals surface area contributed by atoms with E-state index in [1.165, 1.54) is 6.33 Å². The van der Waals surface area contributed by atoms with Crippen LogP contribution in [0.2, 0.25) is 0 Å². The van der Waals surface area contributed by atoms with Gasteiger partial charge >= 0.3 is 0 Å². The fraction of sp³-hybridized carbons (Fsp3) is 0.0909. The highest BCUT2D eigenvalue weighted by Crippen LogP contribution is 2.23. The molecule has 0 saturated carbocycles. The molecule has 3 N–H and O–H groups in total. The van der Waals surface area contributed by atoms with Crippen LogP contribution in [0.25, 0.3) is 11.3 Å². The van der Waals surface area contributed by atoms with E-state index in [4.69, 9.17) is 5.73 Å². The standard InChI is InChI=1S/C11H11N3O/c1-7-4-2-3-5-8(7)10-9(12)11(15)14-6-13-10/h2-6H,12H2,1H3,(H,13,14,15). The summed E-state index contributed by atoms with van der Waals surface area (Å²) in [4.78, 5) is 17.8. The molecule has 0 fully saturated rings. The van der Waals surface area contributed by atoms with Crippen molar-refractivity contribution in [1.82, 2.24) is 9.97 Å². The maximum absolute atomic E-state index is 11.3. The number of aryl methyl sites for hydroxylation is 1. The molecule has 15 heavy (non-hydrogen) atoms. The van der Waals surface area contributed by atoms with Crippen LogP contribution in [0, 0.1) is 6.92 Å². The summed E-state index contributed by atoms with van der Waals surface area (Å²) in [6, 6.07) is 7.68. The van der Waals surface area contributed by atoms with Gasteiger partial charge in [0.1, 0.15) is 11.4 Å². The largest absolute Gasteiger partial charge is 0.392 e. The predicted molar refractivity (Wildman–Crippen MR) is 59.4 cm³/mol. The Morgan fingerprint density at radius 1 is 1.33 bits per heavy atom. The zero-order valence-electron chi connectivity index (χ0n) is 8.32. The quantitative estimate of drug-likeness (QED) is 0.731. The second-order valence-corrected chi connectivity index (χ2v) is 3.31. The molecule has 4 nitrogen and oxygen atoms in total. The van der Waals surface area contributed by atoms with E-state index >= 15 is 0 Å². The van der Waals surface area contributed by atoms with Gasteiger partial charge in [-0.15, -0.1) is 0 Å². The van der Waals surface area contributed by atoms with Crippen molar-refractivity contribution in [2.45, 2.75) is 6.92 Å². The molecule has 2 aromatic rings. The van der Waals surface area contributed by atoms with Gasteiger partial charge < -0.3 is 10.7 Å². The van der Waals surface area contributed by atoms with Gasteiger partial charge in [-0.1, -0.05) is 24.3 Å². The molecule has 1 aromatic carbocycles. The van der Waals surface area contributed by atoms with Crippen LogP contribution in [0.15, 0.2) is 35.4 Å². The van der Waals surface area contributed by atoms with Gasteiger partial charge in [0.25, 0.3) is 5.56 Å². The number of H-pyrrole nitrogens is 1. The van der Waals surface area contributed by atoms with E-state index in [0.717, 1.165) is 11.1 Å². The smallest absolute Gasteiger partial charge is 0.274 e. The molecule has 2 rings (SSSR count). The van der Waals surface area contributed by atoms with Gasteiger partial charge in [-0.05, 0) is 12.5 Å². The van der Waals surface area contributed by atoms with Crippen molar-refractivity contribution in [3.05, 3.63) is 46.5 Å². The maximum Gasteiger partial charge on any atom is 0.274 e. The third-order valence-electron chi connectivity index (χ3n) is 2.29. The first kappa shape index (κ1) is 9.45. The highest BCUT2D eigenvalue weighted by atomic mass is 16.1. The molecule has 0 radical (unpaired) electrons. The number of rotatable bonds is 1. The Kier molecular flexibility index (Phi) is 2.25. The molecule has 0 unspecified atom stereocenters. The highest BCUT2D eigenvalue weighted by Gasteiger charge is 2.08. The number of hydrogen-bond donors (Lipinski definition) is 2. The molecule has 0 amide bonds. The van der Waals surface area contributed by atoms with Gasteiger partial charge in [-0.25, -0.2) is 4.98 Å². The van der Waals surface area contributed by atoms with Crippen molar-refractivity contribution < 1.29 is 0 Å². The second kappa shape index (κ2) is 3.57. The third-order valence-corrected chi connectivity index (χ3v) is 2.29. The van der Waals surface area contributed by atoms with Crippen LogP contribution in [0.3, 0.4) is 0 Å². The average molecular weight is 201 g/mol. The molecule has 0 aliphatic carbocycles. The van der Waals surface area contributed by atoms with Crippen molar-refractivity contribution >= 4 is 5.69 Å². The molecule has 0 saturated heterocycles. The molecule has 0 aliphatic heterocycles. The lowest BCUT2D eigenvalue weighted by molar-refractivity contribution is 1.13. The molecule has 0 aliphatic rings. The van der Waals surface area contributed by atoms with E-state index in [0.29, 0.717) is 5.69 Å². The summed E-state index contributed by atoms with van der Waals surface area (Å²) >= 11 is 0. The molecule has 4 heteroatoms. The lowest BCUT2D eigenvalue weighted by Gasteiger charge is -2.05. The summed E-state index contributed by atoms with van der Waals surface area (Å²) in [5, 5.41) is 0. The fourth-order valence-electron chi connectivity index (χ4n) is 1.46. The van der Waals surface area contributed by atoms with E-state index in [-0.39, 0.29) is 11.2 Å². The van der Waals surface area contributed by atoms with E-state index in [9.17, 15) is 4.79 Å². The summed E-state index contributed by atoms with van der Waals surface area (Å²) in [5.74, 6) is 0. The lowest BCUT2D eigenvalue weighted by Crippen LogP contribution is -2.13. The minimum atomic E-state index is -0.303. The number of aromatic amines is 1. The molecule has 0 spiro atoms. The Morgan fingerprint density at radius 2 is 2.07 bits per heavy atom. The van der Waals surface area contributed by atoms with Crippen LogP contribution in [0.5, 0.6) is 0 Å². The molecule has 76 valence electrons. The summed E-state index contributed by atoms with van der Waals surface area (Å²) in [6.45, 7) is 1.96. The zero-order valence-corrected chi connectivity index (χ0v) is 8.32. The van der Waals surface area contributed by atoms with E-state index in [2.05, 4.69) is 9.97 Å². The number of nitrogens with one attached hydrogen (secondary N) is 1. The lowest BCUT2D eigenvalue weighted by atomic mass is 10.0. The Morgan fingerprint density at radius 3 is 2.80 bits per heavy atom. The number of anilines is 1. The van der Waals surface area contributed by atoms with Crippen LogP contribution in [0.1, 0.15) is 5.56 Å². The molecular formula is C11H11N3O. The predicted octanol–water partition coefficient (Wildman–Crippen LogP) is 1.33. The zero-order chi connectivity index (χ0) is 10.8. The minimum Gasteiger partial charge on any atom is -0.392 e. The van der Waals surface area contributed by atoms with Crippen molar-refractivity contribution in [3.8, 4) is 11.3 Å². The minimum absolute atomic E-state index is 0.159. The molecule has 0 bridgehead atoms. The van der Waals surface area contributed by atoms with Crippen LogP contribution in [-0.2, 0) is 0 Å². The molecular weight excluding hydrogens is 190 g/mol. The SMILES string of the molecule is Cc1ccccc1-c1nc[nH]c(=O)c1N. The van der Waals surface area contributed by atoms with Crippen LogP contribution in [-0.4, -0.2) is 9.97 Å². The Bertz CT molecular complexity index is 546. The fourth-order valence-corrected chi connectivity index (χ4v) is 1.46. The van der Waals surface area contributed by atoms with Gasteiger partial charge in [-0.3, -0.25) is 4.79 Å². The first-order chi connectivity index (χ1) is 7.20. The van der Waals surface area contributed by atoms with E-state index in [1.807, 2.05) is 31.2 Å². The summed E-state index contributed by atoms with van der Waals surface area (Å²) < 4.78 is 0. The van der Waals surface area contributed by atoms with Crippen molar-refractivity contribution in [3.63, 3.8) is 0 Å². The van der Waals surface area contributed by atoms with Crippen molar-refractivity contribution in [1.29, 1.82) is 0 Å². The number of nitrogens with zero attached hydrogens (tertiary/aromatic N) is 1. The highest BCUT2D eigenvalue weighted by molar-refractivity contribution is 5.73. The van der Waals surface area contributed by atoms with Crippen LogP contribution >= 0.6 is 0 Å². The number of aromatic nitrogens is 2. The average Bonchev–Trinajstić information content (AvgIpc) is 2.23. The van der Waals surface area contributed by atoms with E-state index in [1.54, 1.807) is 0 Å². The Labute approximate surface area is 86.8 Å². The van der Waals surface area contributed by atoms with Crippen LogP contribution in [0.4, 0.5) is 5.69 Å². The van der Waals surface area contributed by atoms with Gasteiger partial charge in [0.15, 0.2) is 0 Å². The van der Waals surface area contributed by atoms with Crippen molar-refractivity contribution in [2.24, 2.45) is 0 Å². The number of benzene rings is 1. The topological polar surface area (TPSA) is 71.8 Å². The van der Waals surface area contributed by atoms with Crippen LogP contribution < -0.4 is 11.3 Å². The molecule has 0 atom stereocenters. The summed E-state index contributed by atoms with van der Waals surface area (Å²) in [6.07, 6.45) is 1.36. The summed E-state index contributed by atoms with van der Waals surface area (Å²) in [5.41, 5.74) is 8.01. The first-order valence-electron chi connectivity index (χ1n) is 4.59. The molecule has 1 aromatic heterocycles. The third kappa shape index (κ3) is 1.61. The van der Waals surface area contributed by atoms with E-state index < -0.39 is 0 Å². The number of nitrogens with two attached hydrogens (primary N) is 1. The normalized spacial score (nSPS) is 10.2. The van der Waals surface area contributed by atoms with Gasteiger partial charge in [0.05, 0.1) is 6.33 Å². The maximum atomic E-state index is 11.3. The number of hydrogen-bond acceptors (Lipinski definition) is 3. The molecule has 1 heterocycles. The van der Waals surface area contributed by atoms with Gasteiger partial charge in [0, 0.05) is 5.56 Å². The first-order valence-corrected chi connectivity index (χ1v) is 4.59. The number of nitrogen functional groups attached to an aromatic ring is 1. The van der Waals surface area contributed by atoms with Gasteiger partial charge in [-0.2, -0.15) is 0 Å². The monoisotopic (exact) mass is 201 g/mol. The second-order valence-electron chi connectivity index (χ2n) is 3.31. The Balaban J connectivity index is 2.70. The van der Waals surface area contributed by atoms with Crippen molar-refractivity contribution in [2.75, 3.05) is 5.73 Å². The Hall–Kier alpha value is -2.10. The summed E-state index contributed by atoms with van der Waals surface area (Å²) in [7, 11) is 0. The van der Waals surface area contributed by atoms with Gasteiger partial charge in [0.2, 0.25) is 0 Å².